The number of benzene rings is 3. The van der Waals surface area contributed by atoms with Gasteiger partial charge in [0.1, 0.15) is 0 Å². The van der Waals surface area contributed by atoms with E-state index in [1.54, 1.807) is 0 Å². The van der Waals surface area contributed by atoms with Crippen LogP contribution >= 0.6 is 0 Å². The minimum atomic E-state index is -0.871. The molecule has 0 saturated carbocycles. The molecule has 3 aromatic rings. The summed E-state index contributed by atoms with van der Waals surface area (Å²) in [5, 5.41) is 2.76. The summed E-state index contributed by atoms with van der Waals surface area (Å²) in [4.78, 5) is 30.5. The summed E-state index contributed by atoms with van der Waals surface area (Å²) in [5.41, 5.74) is 3.91. The van der Waals surface area contributed by atoms with E-state index < -0.39 is 5.41 Å². The maximum atomic E-state index is 13.8. The molecule has 5 heteroatoms. The van der Waals surface area contributed by atoms with Gasteiger partial charge in [-0.25, -0.2) is 0 Å². The molecule has 0 spiro atoms. The van der Waals surface area contributed by atoms with Crippen LogP contribution in [0.3, 0.4) is 0 Å². The van der Waals surface area contributed by atoms with Crippen molar-refractivity contribution < 1.29 is 14.3 Å². The molecule has 2 heterocycles. The number of hydrogen-bond acceptors (Lipinski definition) is 4. The second-order valence-electron chi connectivity index (χ2n) is 10.1. The number of amides is 1. The second kappa shape index (κ2) is 7.95. The first-order valence-electron chi connectivity index (χ1n) is 12.3. The molecule has 1 amide bonds. The zero-order chi connectivity index (χ0) is 23.4. The summed E-state index contributed by atoms with van der Waals surface area (Å²) < 4.78 is 4.93. The molecule has 3 aliphatic rings. The molecule has 0 aromatic heterocycles. The molecule has 1 aliphatic carbocycles. The third-order valence-corrected chi connectivity index (χ3v) is 8.27. The molecule has 1 saturated heterocycles. The maximum absolute atomic E-state index is 13.8. The van der Waals surface area contributed by atoms with Crippen LogP contribution in [-0.2, 0) is 26.2 Å². The summed E-state index contributed by atoms with van der Waals surface area (Å²) >= 11 is 0. The highest BCUT2D eigenvalue weighted by molar-refractivity contribution is 6.09. The van der Waals surface area contributed by atoms with Crippen molar-refractivity contribution in [2.75, 3.05) is 25.1 Å². The number of carbonyl (C=O) groups excluding carboxylic acids is 2. The van der Waals surface area contributed by atoms with Gasteiger partial charge in [-0.05, 0) is 59.7 Å². The molecule has 0 radical (unpaired) electrons. The number of likely N-dealkylation sites (tertiary alicyclic amines) is 1. The number of hydrogen-bond donors (Lipinski definition) is 0. The highest BCUT2D eigenvalue weighted by atomic mass is 16.5. The van der Waals surface area contributed by atoms with Gasteiger partial charge in [0.25, 0.3) is 0 Å². The van der Waals surface area contributed by atoms with Crippen LogP contribution in [0.15, 0.2) is 60.7 Å². The summed E-state index contributed by atoms with van der Waals surface area (Å²) in [6.45, 7) is 3.80. The SMILES string of the molecule is COC(=O)CC1(C)C(=O)N(C2CCN(C3Cc4cccc5cccc3c45)CC2)c2ccccc21. The van der Waals surface area contributed by atoms with Crippen LogP contribution in [0.4, 0.5) is 5.69 Å². The molecule has 174 valence electrons. The minimum Gasteiger partial charge on any atom is -0.469 e. The van der Waals surface area contributed by atoms with Crippen LogP contribution in [0.1, 0.15) is 48.9 Å². The van der Waals surface area contributed by atoms with Crippen molar-refractivity contribution in [2.24, 2.45) is 0 Å². The topological polar surface area (TPSA) is 49.9 Å². The number of methoxy groups -OCH3 is 1. The number of carbonyl (C=O) groups is 2. The van der Waals surface area contributed by atoms with Crippen molar-refractivity contribution in [2.45, 2.75) is 50.1 Å². The molecule has 3 aromatic carbocycles. The van der Waals surface area contributed by atoms with E-state index in [1.165, 1.54) is 29.0 Å². The lowest BCUT2D eigenvalue weighted by Gasteiger charge is -2.40. The summed E-state index contributed by atoms with van der Waals surface area (Å²) in [6, 6.07) is 21.8. The largest absolute Gasteiger partial charge is 0.469 e. The van der Waals surface area contributed by atoms with Crippen LogP contribution in [-0.4, -0.2) is 43.0 Å². The number of anilines is 1. The van der Waals surface area contributed by atoms with E-state index in [4.69, 9.17) is 4.74 Å². The lowest BCUT2D eigenvalue weighted by atomic mass is 9.80. The predicted octanol–water partition coefficient (Wildman–Crippen LogP) is 4.77. The molecule has 2 aliphatic heterocycles. The van der Waals surface area contributed by atoms with E-state index in [2.05, 4.69) is 41.3 Å². The van der Waals surface area contributed by atoms with E-state index in [0.29, 0.717) is 6.04 Å². The van der Waals surface area contributed by atoms with Crippen molar-refractivity contribution in [1.29, 1.82) is 0 Å². The van der Waals surface area contributed by atoms with Crippen LogP contribution in [0.2, 0.25) is 0 Å². The Morgan fingerprint density at radius 3 is 2.53 bits per heavy atom. The van der Waals surface area contributed by atoms with Gasteiger partial charge in [-0.2, -0.15) is 0 Å². The predicted molar refractivity (Wildman–Crippen MR) is 133 cm³/mol. The molecule has 6 rings (SSSR count). The number of piperidine rings is 1. The van der Waals surface area contributed by atoms with E-state index in [9.17, 15) is 9.59 Å². The average Bonchev–Trinajstić information content (AvgIpc) is 3.34. The Kier molecular flexibility index (Phi) is 4.99. The molecule has 2 unspecified atom stereocenters. The van der Waals surface area contributed by atoms with Gasteiger partial charge in [-0.1, -0.05) is 54.6 Å². The van der Waals surface area contributed by atoms with E-state index in [1.807, 2.05) is 36.1 Å². The molecule has 1 fully saturated rings. The van der Waals surface area contributed by atoms with E-state index >= 15 is 0 Å². The zero-order valence-corrected chi connectivity index (χ0v) is 19.8. The third-order valence-electron chi connectivity index (χ3n) is 8.27. The zero-order valence-electron chi connectivity index (χ0n) is 19.8. The van der Waals surface area contributed by atoms with Gasteiger partial charge in [0.15, 0.2) is 0 Å². The minimum absolute atomic E-state index is 0.0237. The molecule has 2 atom stereocenters. The Morgan fingerprint density at radius 2 is 1.76 bits per heavy atom. The Balaban J connectivity index is 1.23. The Labute approximate surface area is 200 Å². The molecule has 5 nitrogen and oxygen atoms in total. The lowest BCUT2D eigenvalue weighted by molar-refractivity contribution is -0.144. The number of ether oxygens (including phenoxy) is 1. The van der Waals surface area contributed by atoms with Crippen molar-refractivity contribution in [3.05, 3.63) is 77.4 Å². The fourth-order valence-electron chi connectivity index (χ4n) is 6.53. The van der Waals surface area contributed by atoms with Gasteiger partial charge in [0.05, 0.1) is 18.9 Å². The smallest absolute Gasteiger partial charge is 0.306 e. The first kappa shape index (κ1) is 21.4. The normalized spacial score (nSPS) is 24.6. The summed E-state index contributed by atoms with van der Waals surface area (Å²) in [6.07, 6.45) is 2.98. The van der Waals surface area contributed by atoms with Gasteiger partial charge in [0, 0.05) is 30.9 Å². The molecular formula is C29H30N2O3. The fourth-order valence-corrected chi connectivity index (χ4v) is 6.53. The van der Waals surface area contributed by atoms with Crippen molar-refractivity contribution in [3.8, 4) is 0 Å². The molecule has 0 bridgehead atoms. The first-order valence-corrected chi connectivity index (χ1v) is 12.3. The van der Waals surface area contributed by atoms with Gasteiger partial charge < -0.3 is 9.64 Å². The number of nitrogens with zero attached hydrogens (tertiary/aromatic N) is 2. The van der Waals surface area contributed by atoms with Crippen LogP contribution < -0.4 is 4.90 Å². The number of para-hydroxylation sites is 1. The van der Waals surface area contributed by atoms with Crippen molar-refractivity contribution in [1.82, 2.24) is 4.90 Å². The monoisotopic (exact) mass is 454 g/mol. The quantitative estimate of drug-likeness (QED) is 0.533. The Morgan fingerprint density at radius 1 is 1.03 bits per heavy atom. The Hall–Kier alpha value is -3.18. The highest BCUT2D eigenvalue weighted by Gasteiger charge is 2.51. The molecular weight excluding hydrogens is 424 g/mol. The molecule has 34 heavy (non-hydrogen) atoms. The van der Waals surface area contributed by atoms with Gasteiger partial charge in [0.2, 0.25) is 5.91 Å². The van der Waals surface area contributed by atoms with E-state index in [-0.39, 0.29) is 24.3 Å². The lowest BCUT2D eigenvalue weighted by Crippen LogP contribution is -2.50. The first-order chi connectivity index (χ1) is 16.5. The van der Waals surface area contributed by atoms with Crippen LogP contribution in [0, 0.1) is 0 Å². The molecule has 0 N–H and O–H groups in total. The van der Waals surface area contributed by atoms with Crippen molar-refractivity contribution >= 4 is 28.3 Å². The van der Waals surface area contributed by atoms with Gasteiger partial charge in [-0.3, -0.25) is 14.5 Å². The second-order valence-corrected chi connectivity index (χ2v) is 10.1. The summed E-state index contributed by atoms with van der Waals surface area (Å²) in [5.74, 6) is -0.326. The number of fused-ring (bicyclic) bond motifs is 1. The fraction of sp³-hybridized carbons (Fsp3) is 0.379. The maximum Gasteiger partial charge on any atom is 0.306 e. The summed E-state index contributed by atoms with van der Waals surface area (Å²) in [7, 11) is 1.38. The van der Waals surface area contributed by atoms with Gasteiger partial charge >= 0.3 is 5.97 Å². The van der Waals surface area contributed by atoms with Crippen LogP contribution in [0.25, 0.3) is 10.8 Å². The number of esters is 1. The third kappa shape index (κ3) is 3.10. The average molecular weight is 455 g/mol. The standard InChI is InChI=1S/C29H30N2O3/c1-29(18-26(32)34-2)23-11-3-4-12-24(23)31(28(29)33)21-13-15-30(16-14-21)25-17-20-9-5-7-19-8-6-10-22(25)27(19)20/h3-12,21,25H,13-18H2,1-2H3. The number of rotatable bonds is 4. The van der Waals surface area contributed by atoms with E-state index in [0.717, 1.165) is 43.6 Å². The van der Waals surface area contributed by atoms with Crippen molar-refractivity contribution in [3.63, 3.8) is 0 Å². The highest BCUT2D eigenvalue weighted by Crippen LogP contribution is 2.47. The van der Waals surface area contributed by atoms with Gasteiger partial charge in [-0.15, -0.1) is 0 Å². The Bertz CT molecular complexity index is 1290. The van der Waals surface area contributed by atoms with Crippen LogP contribution in [0.5, 0.6) is 0 Å².